The highest BCUT2D eigenvalue weighted by Crippen LogP contribution is 2.31. The van der Waals surface area contributed by atoms with Gasteiger partial charge in [0.15, 0.2) is 18.4 Å². The summed E-state index contributed by atoms with van der Waals surface area (Å²) in [7, 11) is 1.30. The maximum atomic E-state index is 11.5. The summed E-state index contributed by atoms with van der Waals surface area (Å²) in [6, 6.07) is 2.93. The summed E-state index contributed by atoms with van der Waals surface area (Å²) in [6.45, 7) is -0.175. The molecule has 1 aliphatic rings. The molecule has 104 valence electrons. The van der Waals surface area contributed by atoms with Crippen LogP contribution in [0.15, 0.2) is 24.5 Å². The van der Waals surface area contributed by atoms with Gasteiger partial charge in [-0.15, -0.1) is 0 Å². The van der Waals surface area contributed by atoms with E-state index < -0.39 is 18.2 Å². The summed E-state index contributed by atoms with van der Waals surface area (Å²) in [5.41, 5.74) is 0.374. The molecular formula is C13H18NO5+. The Kier molecular flexibility index (Phi) is 4.14. The quantitative estimate of drug-likeness (QED) is 0.485. The first kappa shape index (κ1) is 13.9. The van der Waals surface area contributed by atoms with E-state index >= 15 is 0 Å². The third-order valence-corrected chi connectivity index (χ3v) is 3.63. The first-order chi connectivity index (χ1) is 9.08. The molecule has 0 aliphatic heterocycles. The summed E-state index contributed by atoms with van der Waals surface area (Å²) in [6.07, 6.45) is 1.83. The first-order valence-electron chi connectivity index (χ1n) is 6.14. The van der Waals surface area contributed by atoms with Gasteiger partial charge in [0.05, 0.1) is 13.2 Å². The Bertz CT molecular complexity index is 464. The average Bonchev–Trinajstić information content (AvgIpc) is 2.74. The van der Waals surface area contributed by atoms with Crippen LogP contribution in [0, 0.1) is 5.92 Å². The zero-order valence-corrected chi connectivity index (χ0v) is 10.6. The van der Waals surface area contributed by atoms with E-state index in [0.29, 0.717) is 12.0 Å². The lowest BCUT2D eigenvalue weighted by atomic mass is 10.1. The van der Waals surface area contributed by atoms with Crippen LogP contribution in [0.1, 0.15) is 22.8 Å². The van der Waals surface area contributed by atoms with Crippen molar-refractivity contribution in [3.05, 3.63) is 30.1 Å². The second-order valence-corrected chi connectivity index (χ2v) is 4.76. The largest absolute Gasteiger partial charge is 0.465 e. The van der Waals surface area contributed by atoms with Crippen LogP contribution in [-0.4, -0.2) is 47.2 Å². The molecule has 0 saturated heterocycles. The minimum absolute atomic E-state index is 0.175. The molecule has 4 atom stereocenters. The van der Waals surface area contributed by atoms with E-state index in [9.17, 15) is 15.0 Å². The number of aromatic nitrogens is 1. The van der Waals surface area contributed by atoms with Crippen molar-refractivity contribution in [3.63, 3.8) is 0 Å². The van der Waals surface area contributed by atoms with Gasteiger partial charge in [-0.25, -0.2) is 4.79 Å². The van der Waals surface area contributed by atoms with E-state index in [2.05, 4.69) is 4.74 Å². The molecule has 1 aromatic heterocycles. The van der Waals surface area contributed by atoms with E-state index in [-0.39, 0.29) is 18.6 Å². The van der Waals surface area contributed by atoms with Crippen LogP contribution in [-0.2, 0) is 4.74 Å². The fourth-order valence-corrected chi connectivity index (χ4v) is 2.51. The Labute approximate surface area is 110 Å². The number of esters is 1. The molecule has 19 heavy (non-hydrogen) atoms. The van der Waals surface area contributed by atoms with Crippen molar-refractivity contribution in [2.45, 2.75) is 24.7 Å². The maximum absolute atomic E-state index is 11.5. The molecule has 0 radical (unpaired) electrons. The van der Waals surface area contributed by atoms with E-state index in [4.69, 9.17) is 5.11 Å². The SMILES string of the molecule is COC(=O)c1ccc[n+]([C@@H]2C[C@H](CO)[C@@H](O)[C@H]2O)c1. The molecule has 1 fully saturated rings. The number of ether oxygens (including phenoxy) is 1. The molecule has 1 saturated carbocycles. The second kappa shape index (κ2) is 5.64. The lowest BCUT2D eigenvalue weighted by molar-refractivity contribution is -0.729. The second-order valence-electron chi connectivity index (χ2n) is 4.76. The van der Waals surface area contributed by atoms with Gasteiger partial charge >= 0.3 is 5.97 Å². The molecule has 1 aliphatic carbocycles. The summed E-state index contributed by atoms with van der Waals surface area (Å²) >= 11 is 0. The minimum Gasteiger partial charge on any atom is -0.465 e. The van der Waals surface area contributed by atoms with Crippen LogP contribution >= 0.6 is 0 Å². The van der Waals surface area contributed by atoms with Crippen LogP contribution in [0.4, 0.5) is 0 Å². The van der Waals surface area contributed by atoms with Crippen molar-refractivity contribution in [1.82, 2.24) is 0 Å². The first-order valence-corrected chi connectivity index (χ1v) is 6.14. The Hall–Kier alpha value is -1.50. The predicted octanol–water partition coefficient (Wildman–Crippen LogP) is -0.964. The van der Waals surface area contributed by atoms with Crippen LogP contribution in [0.2, 0.25) is 0 Å². The molecule has 0 unspecified atom stereocenters. The third kappa shape index (κ3) is 2.60. The number of pyridine rings is 1. The van der Waals surface area contributed by atoms with Crippen LogP contribution < -0.4 is 4.57 Å². The Morgan fingerprint density at radius 3 is 2.79 bits per heavy atom. The Balaban J connectivity index is 2.25. The van der Waals surface area contributed by atoms with Gasteiger partial charge in [-0.3, -0.25) is 0 Å². The van der Waals surface area contributed by atoms with Crippen molar-refractivity contribution in [2.75, 3.05) is 13.7 Å². The molecule has 0 aromatic carbocycles. The molecule has 6 nitrogen and oxygen atoms in total. The average molecular weight is 268 g/mol. The van der Waals surface area contributed by atoms with Gasteiger partial charge in [-0.05, 0) is 6.07 Å². The number of aliphatic hydroxyl groups is 3. The topological polar surface area (TPSA) is 90.9 Å². The van der Waals surface area contributed by atoms with Crippen molar-refractivity contribution in [3.8, 4) is 0 Å². The lowest BCUT2D eigenvalue weighted by Crippen LogP contribution is -2.45. The van der Waals surface area contributed by atoms with Crippen molar-refractivity contribution in [1.29, 1.82) is 0 Å². The molecule has 1 heterocycles. The fourth-order valence-electron chi connectivity index (χ4n) is 2.51. The number of methoxy groups -OCH3 is 1. The van der Waals surface area contributed by atoms with Gasteiger partial charge in [0.1, 0.15) is 11.7 Å². The number of rotatable bonds is 3. The Morgan fingerprint density at radius 2 is 2.21 bits per heavy atom. The monoisotopic (exact) mass is 268 g/mol. The van der Waals surface area contributed by atoms with Gasteiger partial charge in [0, 0.05) is 25.0 Å². The fraction of sp³-hybridized carbons (Fsp3) is 0.538. The molecule has 0 amide bonds. The van der Waals surface area contributed by atoms with Crippen molar-refractivity contribution in [2.24, 2.45) is 5.92 Å². The summed E-state index contributed by atoms with van der Waals surface area (Å²) in [5, 5.41) is 28.9. The van der Waals surface area contributed by atoms with Crippen LogP contribution in [0.25, 0.3) is 0 Å². The standard InChI is InChI=1S/C13H18NO5/c1-19-13(18)8-3-2-4-14(6-8)10-5-9(7-15)11(16)12(10)17/h2-4,6,9-12,15-17H,5,7H2,1H3/q+1/t9-,10-,11-,12+/m1/s1. The van der Waals surface area contributed by atoms with E-state index in [1.807, 2.05) is 0 Å². The highest BCUT2D eigenvalue weighted by Gasteiger charge is 2.46. The Morgan fingerprint density at radius 1 is 1.47 bits per heavy atom. The number of hydrogen-bond acceptors (Lipinski definition) is 5. The highest BCUT2D eigenvalue weighted by molar-refractivity contribution is 5.88. The van der Waals surface area contributed by atoms with Gasteiger partial charge < -0.3 is 20.1 Å². The zero-order valence-electron chi connectivity index (χ0n) is 10.6. The normalized spacial score (nSPS) is 30.3. The summed E-state index contributed by atoms with van der Waals surface area (Å²) in [4.78, 5) is 11.5. The molecule has 0 bridgehead atoms. The van der Waals surface area contributed by atoms with E-state index in [1.165, 1.54) is 7.11 Å². The number of hydrogen-bond donors (Lipinski definition) is 3. The van der Waals surface area contributed by atoms with Gasteiger partial charge in [-0.2, -0.15) is 4.57 Å². The number of aliphatic hydroxyl groups excluding tert-OH is 3. The third-order valence-electron chi connectivity index (χ3n) is 3.63. The van der Waals surface area contributed by atoms with E-state index in [0.717, 1.165) is 0 Å². The molecule has 3 N–H and O–H groups in total. The van der Waals surface area contributed by atoms with Crippen molar-refractivity contribution < 1.29 is 29.4 Å². The molecule has 0 spiro atoms. The van der Waals surface area contributed by atoms with Crippen LogP contribution in [0.5, 0.6) is 0 Å². The van der Waals surface area contributed by atoms with Gasteiger partial charge in [0.2, 0.25) is 0 Å². The summed E-state index contributed by atoms with van der Waals surface area (Å²) < 4.78 is 6.32. The molecule has 6 heteroatoms. The van der Waals surface area contributed by atoms with Crippen LogP contribution in [0.3, 0.4) is 0 Å². The summed E-state index contributed by atoms with van der Waals surface area (Å²) in [5.74, 6) is -0.810. The highest BCUT2D eigenvalue weighted by atomic mass is 16.5. The molecule has 2 rings (SSSR count). The maximum Gasteiger partial charge on any atom is 0.343 e. The predicted molar refractivity (Wildman–Crippen MR) is 64.2 cm³/mol. The number of nitrogens with zero attached hydrogens (tertiary/aromatic N) is 1. The zero-order chi connectivity index (χ0) is 14.0. The van der Waals surface area contributed by atoms with Crippen molar-refractivity contribution >= 4 is 5.97 Å². The smallest absolute Gasteiger partial charge is 0.343 e. The number of carbonyl (C=O) groups excluding carboxylic acids is 1. The van der Waals surface area contributed by atoms with Gasteiger partial charge in [0.25, 0.3) is 0 Å². The van der Waals surface area contributed by atoms with E-state index in [1.54, 1.807) is 29.1 Å². The lowest BCUT2D eigenvalue weighted by Gasteiger charge is -2.13. The van der Waals surface area contributed by atoms with Gasteiger partial charge in [-0.1, -0.05) is 0 Å². The molecule has 1 aromatic rings. The minimum atomic E-state index is -0.963. The molecular weight excluding hydrogens is 250 g/mol. The number of carbonyl (C=O) groups is 1.